The van der Waals surface area contributed by atoms with Gasteiger partial charge in [0.25, 0.3) is 0 Å². The number of carbonyl (C=O) groups excluding carboxylic acids is 1. The molecule has 2 N–H and O–H groups in total. The minimum absolute atomic E-state index is 0.0980. The highest BCUT2D eigenvalue weighted by Crippen LogP contribution is 2.40. The molecule has 0 fully saturated rings. The fraction of sp³-hybridized carbons (Fsp3) is 0.458. The number of benzene rings is 2. The van der Waals surface area contributed by atoms with Crippen LogP contribution in [0, 0.1) is 5.82 Å². The maximum atomic E-state index is 13.8. The molecule has 2 aromatic carbocycles. The van der Waals surface area contributed by atoms with Gasteiger partial charge in [-0.3, -0.25) is 4.90 Å². The molecule has 7 heteroatoms. The molecule has 1 aliphatic rings. The van der Waals surface area contributed by atoms with E-state index in [0.29, 0.717) is 24.6 Å². The molecule has 0 aromatic heterocycles. The fourth-order valence-corrected chi connectivity index (χ4v) is 4.24. The highest BCUT2D eigenvalue weighted by molar-refractivity contribution is 5.74. The van der Waals surface area contributed by atoms with Gasteiger partial charge >= 0.3 is 6.03 Å². The minimum Gasteiger partial charge on any atom is -0.493 e. The second kappa shape index (κ2) is 10.5. The van der Waals surface area contributed by atoms with Crippen molar-refractivity contribution in [3.63, 3.8) is 0 Å². The van der Waals surface area contributed by atoms with Gasteiger partial charge in [0.05, 0.1) is 20.3 Å². The van der Waals surface area contributed by atoms with Crippen LogP contribution in [0.4, 0.5) is 9.18 Å². The largest absolute Gasteiger partial charge is 0.493 e. The number of nitrogens with one attached hydrogen (secondary N) is 2. The lowest BCUT2D eigenvalue weighted by Crippen LogP contribution is -2.50. The van der Waals surface area contributed by atoms with Gasteiger partial charge in [0.1, 0.15) is 5.82 Å². The van der Waals surface area contributed by atoms with E-state index < -0.39 is 0 Å². The van der Waals surface area contributed by atoms with E-state index in [9.17, 15) is 9.18 Å². The van der Waals surface area contributed by atoms with Crippen molar-refractivity contribution in [3.05, 3.63) is 58.9 Å². The Morgan fingerprint density at radius 3 is 2.65 bits per heavy atom. The molecular weight excluding hydrogens is 397 g/mol. The summed E-state index contributed by atoms with van der Waals surface area (Å²) in [5.41, 5.74) is 3.15. The molecule has 0 saturated carbocycles. The number of hydrogen-bond donors (Lipinski definition) is 2. The normalized spacial score (nSPS) is 16.9. The van der Waals surface area contributed by atoms with E-state index in [1.807, 2.05) is 32.0 Å². The molecular formula is C24H32FN3O3. The lowest BCUT2D eigenvalue weighted by atomic mass is 9.87. The number of fused-ring (bicyclic) bond motifs is 1. The van der Waals surface area contributed by atoms with Crippen LogP contribution >= 0.6 is 0 Å². The van der Waals surface area contributed by atoms with Gasteiger partial charge in [0.2, 0.25) is 0 Å². The number of methoxy groups -OCH3 is 2. The van der Waals surface area contributed by atoms with Gasteiger partial charge in [-0.25, -0.2) is 9.18 Å². The number of rotatable bonds is 8. The highest BCUT2D eigenvalue weighted by atomic mass is 19.1. The maximum absolute atomic E-state index is 13.8. The summed E-state index contributed by atoms with van der Waals surface area (Å²) >= 11 is 0. The Kier molecular flexibility index (Phi) is 7.74. The Hall–Kier alpha value is -2.80. The smallest absolute Gasteiger partial charge is 0.315 e. The first-order chi connectivity index (χ1) is 15.0. The van der Waals surface area contributed by atoms with E-state index >= 15 is 0 Å². The lowest BCUT2D eigenvalue weighted by Gasteiger charge is -2.41. The lowest BCUT2D eigenvalue weighted by molar-refractivity contribution is 0.143. The number of urea groups is 1. The van der Waals surface area contributed by atoms with Crippen molar-refractivity contribution < 1.29 is 18.7 Å². The van der Waals surface area contributed by atoms with Crippen LogP contribution in [-0.4, -0.2) is 44.3 Å². The van der Waals surface area contributed by atoms with Crippen LogP contribution in [0.2, 0.25) is 0 Å². The van der Waals surface area contributed by atoms with E-state index in [1.54, 1.807) is 26.4 Å². The van der Waals surface area contributed by atoms with E-state index in [0.717, 1.165) is 30.5 Å². The summed E-state index contributed by atoms with van der Waals surface area (Å²) in [5, 5.41) is 5.96. The Morgan fingerprint density at radius 2 is 1.97 bits per heavy atom. The Morgan fingerprint density at radius 1 is 1.23 bits per heavy atom. The topological polar surface area (TPSA) is 62.8 Å². The summed E-state index contributed by atoms with van der Waals surface area (Å²) in [6.07, 6.45) is 1.70. The monoisotopic (exact) mass is 429 g/mol. The van der Waals surface area contributed by atoms with Gasteiger partial charge in [-0.2, -0.15) is 0 Å². The summed E-state index contributed by atoms with van der Waals surface area (Å²) in [6, 6.07) is 10.2. The number of halogens is 1. The molecule has 2 aromatic rings. The van der Waals surface area contributed by atoms with E-state index in [-0.39, 0.29) is 23.9 Å². The number of nitrogens with zero attached hydrogens (tertiary/aromatic N) is 1. The molecule has 0 aliphatic carbocycles. The van der Waals surface area contributed by atoms with Crippen molar-refractivity contribution >= 4 is 6.03 Å². The first kappa shape index (κ1) is 22.9. The first-order valence-corrected chi connectivity index (χ1v) is 10.7. The van der Waals surface area contributed by atoms with Crippen molar-refractivity contribution in [2.75, 3.05) is 27.3 Å². The third-order valence-electron chi connectivity index (χ3n) is 5.67. The molecule has 168 valence electrons. The van der Waals surface area contributed by atoms with E-state index in [2.05, 4.69) is 15.5 Å². The molecule has 1 heterocycles. The summed E-state index contributed by atoms with van der Waals surface area (Å²) in [6.45, 7) is 6.00. The molecule has 0 unspecified atom stereocenters. The van der Waals surface area contributed by atoms with Crippen LogP contribution in [0.15, 0.2) is 36.4 Å². The molecule has 0 saturated heterocycles. The van der Waals surface area contributed by atoms with Crippen LogP contribution < -0.4 is 20.1 Å². The molecule has 0 bridgehead atoms. The van der Waals surface area contributed by atoms with Crippen molar-refractivity contribution in [1.82, 2.24) is 15.5 Å². The number of hydrogen-bond acceptors (Lipinski definition) is 4. The number of amides is 2. The predicted octanol–water partition coefficient (Wildman–Crippen LogP) is 4.04. The Balaban J connectivity index is 1.94. The van der Waals surface area contributed by atoms with Crippen LogP contribution in [0.3, 0.4) is 0 Å². The summed E-state index contributed by atoms with van der Waals surface area (Å²) in [4.78, 5) is 14.7. The quantitative estimate of drug-likeness (QED) is 0.665. The average molecular weight is 430 g/mol. The van der Waals surface area contributed by atoms with Gasteiger partial charge in [0, 0.05) is 25.7 Å². The third kappa shape index (κ3) is 5.47. The maximum Gasteiger partial charge on any atom is 0.315 e. The second-order valence-electron chi connectivity index (χ2n) is 7.89. The van der Waals surface area contributed by atoms with Crippen LogP contribution in [0.5, 0.6) is 11.5 Å². The summed E-state index contributed by atoms with van der Waals surface area (Å²) < 4.78 is 24.8. The second-order valence-corrected chi connectivity index (χ2v) is 7.89. The van der Waals surface area contributed by atoms with Crippen molar-refractivity contribution in [2.45, 2.75) is 45.3 Å². The molecule has 31 heavy (non-hydrogen) atoms. The molecule has 2 amide bonds. The molecule has 0 radical (unpaired) electrons. The van der Waals surface area contributed by atoms with E-state index in [1.165, 1.54) is 11.6 Å². The predicted molar refractivity (Wildman–Crippen MR) is 119 cm³/mol. The third-order valence-corrected chi connectivity index (χ3v) is 5.67. The van der Waals surface area contributed by atoms with Crippen molar-refractivity contribution in [1.29, 1.82) is 0 Å². The zero-order valence-electron chi connectivity index (χ0n) is 18.7. The SMILES string of the molecule is CCCNC(=O)N[C@H](C)[C@@H]1c2cc(OC)c(OC)cc2CCN1Cc1cccc(F)c1. The van der Waals surface area contributed by atoms with Crippen LogP contribution in [0.1, 0.15) is 43.0 Å². The first-order valence-electron chi connectivity index (χ1n) is 10.7. The molecule has 0 spiro atoms. The highest BCUT2D eigenvalue weighted by Gasteiger charge is 2.33. The molecule has 2 atom stereocenters. The average Bonchev–Trinajstić information content (AvgIpc) is 2.76. The van der Waals surface area contributed by atoms with Gasteiger partial charge in [0.15, 0.2) is 11.5 Å². The zero-order valence-corrected chi connectivity index (χ0v) is 18.7. The molecule has 1 aliphatic heterocycles. The van der Waals surface area contributed by atoms with Gasteiger partial charge in [-0.05, 0) is 60.7 Å². The van der Waals surface area contributed by atoms with Crippen LogP contribution in [-0.2, 0) is 13.0 Å². The van der Waals surface area contributed by atoms with Gasteiger partial charge in [-0.1, -0.05) is 19.1 Å². The standard InChI is InChI=1S/C24H32FN3O3/c1-5-10-26-24(29)27-16(2)23-20-14-22(31-4)21(30-3)13-18(20)9-11-28(23)15-17-7-6-8-19(25)12-17/h6-8,12-14,16,23H,5,9-11,15H2,1-4H3,(H2,26,27,29)/t16-,23-/m1/s1. The Bertz CT molecular complexity index is 906. The zero-order chi connectivity index (χ0) is 22.4. The molecule has 6 nitrogen and oxygen atoms in total. The molecule has 3 rings (SSSR count). The minimum atomic E-state index is -0.247. The van der Waals surface area contributed by atoms with Crippen molar-refractivity contribution in [3.8, 4) is 11.5 Å². The van der Waals surface area contributed by atoms with Gasteiger partial charge < -0.3 is 20.1 Å². The van der Waals surface area contributed by atoms with E-state index in [4.69, 9.17) is 9.47 Å². The number of ether oxygens (including phenoxy) is 2. The number of carbonyl (C=O) groups is 1. The Labute approximate surface area is 183 Å². The summed E-state index contributed by atoms with van der Waals surface area (Å²) in [7, 11) is 3.25. The van der Waals surface area contributed by atoms with Gasteiger partial charge in [-0.15, -0.1) is 0 Å². The summed E-state index contributed by atoms with van der Waals surface area (Å²) in [5.74, 6) is 1.10. The van der Waals surface area contributed by atoms with Crippen molar-refractivity contribution in [2.24, 2.45) is 0 Å². The van der Waals surface area contributed by atoms with Crippen LogP contribution in [0.25, 0.3) is 0 Å². The fourth-order valence-electron chi connectivity index (χ4n) is 4.24.